The van der Waals surface area contributed by atoms with Gasteiger partial charge in [-0.1, -0.05) is 18.5 Å². The average molecular weight is 457 g/mol. The molecule has 1 fully saturated rings. The van der Waals surface area contributed by atoms with Crippen molar-refractivity contribution in [2.24, 2.45) is 4.99 Å². The number of rotatable bonds is 4. The molecule has 2 rings (SSSR count). The van der Waals surface area contributed by atoms with Gasteiger partial charge in [0.1, 0.15) is 0 Å². The molecule has 2 N–H and O–H groups in total. The van der Waals surface area contributed by atoms with Gasteiger partial charge in [-0.3, -0.25) is 9.79 Å². The first-order valence-electron chi connectivity index (χ1n) is 7.11. The van der Waals surface area contributed by atoms with E-state index in [1.807, 2.05) is 24.0 Å². The summed E-state index contributed by atoms with van der Waals surface area (Å²) >= 11 is 7.47. The average Bonchev–Trinajstić information content (AvgIpc) is 3.11. The molecular formula is C14H22ClIN4OS. The molecule has 0 aromatic carbocycles. The fraction of sp³-hybridized carbons (Fsp3) is 0.571. The Morgan fingerprint density at radius 2 is 2.32 bits per heavy atom. The van der Waals surface area contributed by atoms with Crippen LogP contribution in [0.2, 0.25) is 4.34 Å². The second kappa shape index (κ2) is 9.57. The lowest BCUT2D eigenvalue weighted by Crippen LogP contribution is -2.44. The second-order valence-electron chi connectivity index (χ2n) is 4.95. The van der Waals surface area contributed by atoms with Gasteiger partial charge >= 0.3 is 0 Å². The zero-order chi connectivity index (χ0) is 15.2. The summed E-state index contributed by atoms with van der Waals surface area (Å²) in [6.45, 7) is 4.16. The van der Waals surface area contributed by atoms with Gasteiger partial charge in [-0.05, 0) is 18.6 Å². The first kappa shape index (κ1) is 19.5. The van der Waals surface area contributed by atoms with Gasteiger partial charge in [0.05, 0.1) is 10.9 Å². The summed E-state index contributed by atoms with van der Waals surface area (Å²) in [6.07, 6.45) is 1.52. The molecule has 1 aromatic heterocycles. The Bertz CT molecular complexity index is 523. The molecule has 1 aliphatic heterocycles. The molecule has 8 heteroatoms. The summed E-state index contributed by atoms with van der Waals surface area (Å²) in [4.78, 5) is 19.0. The van der Waals surface area contributed by atoms with E-state index >= 15 is 0 Å². The quantitative estimate of drug-likeness (QED) is 0.416. The van der Waals surface area contributed by atoms with Crippen molar-refractivity contribution in [2.75, 3.05) is 20.1 Å². The lowest BCUT2D eigenvalue weighted by molar-refractivity contribution is -0.129. The number of halogens is 2. The SMILES string of the molecule is CCC(=O)N1CCC(NC(=NC)NCc2ccc(Cl)s2)C1.I. The molecule has 124 valence electrons. The van der Waals surface area contributed by atoms with Crippen molar-refractivity contribution in [3.05, 3.63) is 21.3 Å². The van der Waals surface area contributed by atoms with E-state index in [0.29, 0.717) is 13.0 Å². The molecule has 0 saturated carbocycles. The van der Waals surface area contributed by atoms with Gasteiger partial charge in [0, 0.05) is 37.5 Å². The van der Waals surface area contributed by atoms with E-state index in [2.05, 4.69) is 15.6 Å². The van der Waals surface area contributed by atoms with Gasteiger partial charge < -0.3 is 15.5 Å². The van der Waals surface area contributed by atoms with E-state index in [1.165, 1.54) is 0 Å². The van der Waals surface area contributed by atoms with Crippen LogP contribution < -0.4 is 10.6 Å². The van der Waals surface area contributed by atoms with E-state index in [-0.39, 0.29) is 35.9 Å². The Morgan fingerprint density at radius 1 is 1.55 bits per heavy atom. The highest BCUT2D eigenvalue weighted by Crippen LogP contribution is 2.21. The van der Waals surface area contributed by atoms with E-state index in [0.717, 1.165) is 34.7 Å². The number of nitrogens with one attached hydrogen (secondary N) is 2. The van der Waals surface area contributed by atoms with Gasteiger partial charge in [0.25, 0.3) is 0 Å². The van der Waals surface area contributed by atoms with Crippen LogP contribution in [0.5, 0.6) is 0 Å². The normalized spacial score (nSPS) is 18.0. The highest BCUT2D eigenvalue weighted by atomic mass is 127. The molecule has 1 aromatic rings. The fourth-order valence-electron chi connectivity index (χ4n) is 2.33. The predicted octanol–water partition coefficient (Wildman–Crippen LogP) is 2.70. The number of aliphatic imine (C=N–C) groups is 1. The topological polar surface area (TPSA) is 56.7 Å². The van der Waals surface area contributed by atoms with Gasteiger partial charge in [-0.25, -0.2) is 0 Å². The molecule has 1 aliphatic rings. The van der Waals surface area contributed by atoms with Crippen molar-refractivity contribution in [3.8, 4) is 0 Å². The van der Waals surface area contributed by atoms with Crippen molar-refractivity contribution in [3.63, 3.8) is 0 Å². The number of carbonyl (C=O) groups excluding carboxylic acids is 1. The third kappa shape index (κ3) is 5.58. The number of amides is 1. The summed E-state index contributed by atoms with van der Waals surface area (Å²) < 4.78 is 0.791. The van der Waals surface area contributed by atoms with E-state index in [1.54, 1.807) is 18.4 Å². The maximum Gasteiger partial charge on any atom is 0.222 e. The summed E-state index contributed by atoms with van der Waals surface area (Å²) in [5, 5.41) is 6.64. The number of thiophene rings is 1. The first-order chi connectivity index (χ1) is 10.1. The van der Waals surface area contributed by atoms with Crippen LogP contribution in [0, 0.1) is 0 Å². The van der Waals surface area contributed by atoms with Crippen molar-refractivity contribution in [1.82, 2.24) is 15.5 Å². The van der Waals surface area contributed by atoms with Crippen LogP contribution >= 0.6 is 46.9 Å². The van der Waals surface area contributed by atoms with Crippen molar-refractivity contribution < 1.29 is 4.79 Å². The number of hydrogen-bond donors (Lipinski definition) is 2. The molecular weight excluding hydrogens is 435 g/mol. The Labute approximate surface area is 157 Å². The van der Waals surface area contributed by atoms with E-state index < -0.39 is 0 Å². The molecule has 1 unspecified atom stereocenters. The molecule has 0 spiro atoms. The Hall–Kier alpha value is -0.540. The lowest BCUT2D eigenvalue weighted by atomic mass is 10.3. The van der Waals surface area contributed by atoms with Crippen LogP contribution in [-0.4, -0.2) is 42.9 Å². The molecule has 1 amide bonds. The van der Waals surface area contributed by atoms with Gasteiger partial charge in [-0.2, -0.15) is 0 Å². The summed E-state index contributed by atoms with van der Waals surface area (Å²) in [7, 11) is 1.75. The smallest absolute Gasteiger partial charge is 0.222 e. The summed E-state index contributed by atoms with van der Waals surface area (Å²) in [5.74, 6) is 0.978. The molecule has 1 atom stereocenters. The zero-order valence-corrected chi connectivity index (χ0v) is 16.7. The standard InChI is InChI=1S/C14H21ClN4OS.HI/c1-3-13(20)19-7-6-10(9-19)18-14(16-2)17-8-11-4-5-12(15)21-11;/h4-5,10H,3,6-9H2,1-2H3,(H2,16,17,18);1H. The molecule has 0 bridgehead atoms. The van der Waals surface area contributed by atoms with E-state index in [4.69, 9.17) is 11.6 Å². The Kier molecular flexibility index (Phi) is 8.48. The summed E-state index contributed by atoms with van der Waals surface area (Å²) in [5.41, 5.74) is 0. The fourth-order valence-corrected chi connectivity index (χ4v) is 3.36. The van der Waals surface area contributed by atoms with Crippen LogP contribution in [0.15, 0.2) is 17.1 Å². The van der Waals surface area contributed by atoms with Crippen molar-refractivity contribution in [1.29, 1.82) is 0 Å². The van der Waals surface area contributed by atoms with Crippen LogP contribution in [0.3, 0.4) is 0 Å². The number of carbonyl (C=O) groups is 1. The molecule has 22 heavy (non-hydrogen) atoms. The Balaban J connectivity index is 0.00000242. The number of guanidine groups is 1. The zero-order valence-electron chi connectivity index (χ0n) is 12.8. The van der Waals surface area contributed by atoms with Crippen molar-refractivity contribution >= 4 is 58.8 Å². The van der Waals surface area contributed by atoms with Crippen molar-refractivity contribution in [2.45, 2.75) is 32.4 Å². The van der Waals surface area contributed by atoms with Gasteiger partial charge in [0.15, 0.2) is 5.96 Å². The highest BCUT2D eigenvalue weighted by molar-refractivity contribution is 14.0. The highest BCUT2D eigenvalue weighted by Gasteiger charge is 2.25. The number of likely N-dealkylation sites (tertiary alicyclic amines) is 1. The maximum absolute atomic E-state index is 11.7. The molecule has 0 aliphatic carbocycles. The van der Waals surface area contributed by atoms with E-state index in [9.17, 15) is 4.79 Å². The molecule has 0 radical (unpaired) electrons. The summed E-state index contributed by atoms with van der Waals surface area (Å²) in [6, 6.07) is 4.16. The lowest BCUT2D eigenvalue weighted by Gasteiger charge is -2.18. The molecule has 5 nitrogen and oxygen atoms in total. The number of nitrogens with zero attached hydrogens (tertiary/aromatic N) is 2. The minimum absolute atomic E-state index is 0. The second-order valence-corrected chi connectivity index (χ2v) is 6.75. The third-order valence-electron chi connectivity index (χ3n) is 3.47. The maximum atomic E-state index is 11.7. The monoisotopic (exact) mass is 456 g/mol. The minimum atomic E-state index is 0. The van der Waals surface area contributed by atoms with Crippen LogP contribution in [0.4, 0.5) is 0 Å². The predicted molar refractivity (Wildman–Crippen MR) is 103 cm³/mol. The van der Waals surface area contributed by atoms with Crippen LogP contribution in [0.1, 0.15) is 24.6 Å². The van der Waals surface area contributed by atoms with Crippen LogP contribution in [-0.2, 0) is 11.3 Å². The van der Waals surface area contributed by atoms with Gasteiger partial charge in [-0.15, -0.1) is 35.3 Å². The molecule has 2 heterocycles. The van der Waals surface area contributed by atoms with Gasteiger partial charge in [0.2, 0.25) is 5.91 Å². The third-order valence-corrected chi connectivity index (χ3v) is 4.70. The largest absolute Gasteiger partial charge is 0.352 e. The molecule has 1 saturated heterocycles. The first-order valence-corrected chi connectivity index (χ1v) is 8.31. The van der Waals surface area contributed by atoms with Crippen LogP contribution in [0.25, 0.3) is 0 Å². The Morgan fingerprint density at radius 3 is 2.91 bits per heavy atom. The number of hydrogen-bond acceptors (Lipinski definition) is 3. The minimum Gasteiger partial charge on any atom is -0.352 e.